The number of carbonyl (C=O) groups is 1. The summed E-state index contributed by atoms with van der Waals surface area (Å²) >= 11 is 0. The van der Waals surface area contributed by atoms with Crippen molar-refractivity contribution >= 4 is 32.4 Å². The van der Waals surface area contributed by atoms with Gasteiger partial charge in [-0.05, 0) is 77.9 Å². The molecule has 1 saturated heterocycles. The van der Waals surface area contributed by atoms with Crippen molar-refractivity contribution in [2.75, 3.05) is 18.4 Å². The smallest absolute Gasteiger partial charge is 0.255 e. The number of aryl methyl sites for hydroxylation is 2. The molecule has 3 aromatic rings. The molecule has 1 amide bonds. The number of hydrogen-bond donors (Lipinski definition) is 1. The summed E-state index contributed by atoms with van der Waals surface area (Å²) in [6, 6.07) is 16.5. The topological polar surface area (TPSA) is 66.5 Å². The monoisotopic (exact) mass is 448 g/mol. The first kappa shape index (κ1) is 21.2. The summed E-state index contributed by atoms with van der Waals surface area (Å²) in [5.41, 5.74) is 3.87. The van der Waals surface area contributed by atoms with Crippen molar-refractivity contribution in [3.63, 3.8) is 0 Å². The fourth-order valence-electron chi connectivity index (χ4n) is 5.28. The molecule has 0 bridgehead atoms. The Kier molecular flexibility index (Phi) is 5.30. The van der Waals surface area contributed by atoms with E-state index >= 15 is 0 Å². The minimum atomic E-state index is -3.56. The zero-order valence-corrected chi connectivity index (χ0v) is 19.3. The minimum absolute atomic E-state index is 0.237. The maximum absolute atomic E-state index is 13.1. The van der Waals surface area contributed by atoms with Gasteiger partial charge in [0.1, 0.15) is 0 Å². The van der Waals surface area contributed by atoms with Gasteiger partial charge in [0.2, 0.25) is 10.0 Å². The lowest BCUT2D eigenvalue weighted by Crippen LogP contribution is -2.42. The molecule has 2 atom stereocenters. The molecule has 32 heavy (non-hydrogen) atoms. The third-order valence-corrected chi connectivity index (χ3v) is 8.56. The lowest BCUT2D eigenvalue weighted by molar-refractivity contribution is 0.102. The molecule has 166 valence electrons. The number of rotatable bonds is 4. The number of anilines is 1. The quantitative estimate of drug-likeness (QED) is 0.620. The number of nitrogens with zero attached hydrogens (tertiary/aromatic N) is 1. The second kappa shape index (κ2) is 8.01. The second-order valence-electron chi connectivity index (χ2n) is 9.36. The first-order chi connectivity index (χ1) is 15.3. The molecule has 1 aliphatic heterocycles. The van der Waals surface area contributed by atoms with Crippen molar-refractivity contribution < 1.29 is 13.2 Å². The number of sulfonamides is 1. The van der Waals surface area contributed by atoms with Gasteiger partial charge in [-0.15, -0.1) is 0 Å². The van der Waals surface area contributed by atoms with E-state index < -0.39 is 10.0 Å². The van der Waals surface area contributed by atoms with Crippen LogP contribution < -0.4 is 5.32 Å². The average molecular weight is 449 g/mol. The summed E-state index contributed by atoms with van der Waals surface area (Å²) in [7, 11) is -3.56. The molecule has 6 heteroatoms. The number of amides is 1. The molecule has 5 rings (SSSR count). The van der Waals surface area contributed by atoms with Crippen LogP contribution in [-0.4, -0.2) is 31.7 Å². The van der Waals surface area contributed by atoms with Crippen molar-refractivity contribution in [2.24, 2.45) is 11.8 Å². The SMILES string of the molecule is C[C@H]1C[C@H](C)CN(S(=O)(=O)c2ccc(C(=O)Nc3ccc4c5c(cccc35)CC4)cc2)C1. The fourth-order valence-corrected chi connectivity index (χ4v) is 6.96. The molecule has 5 nitrogen and oxygen atoms in total. The Morgan fingerprint density at radius 2 is 1.56 bits per heavy atom. The van der Waals surface area contributed by atoms with Gasteiger partial charge in [0.05, 0.1) is 4.90 Å². The van der Waals surface area contributed by atoms with Crippen LogP contribution in [0.25, 0.3) is 10.8 Å². The Labute approximate surface area is 189 Å². The Balaban J connectivity index is 1.37. The van der Waals surface area contributed by atoms with E-state index in [4.69, 9.17) is 0 Å². The highest BCUT2D eigenvalue weighted by Gasteiger charge is 2.31. The molecule has 0 radical (unpaired) electrons. The van der Waals surface area contributed by atoms with Crippen molar-refractivity contribution in [1.29, 1.82) is 0 Å². The van der Waals surface area contributed by atoms with Gasteiger partial charge in [0, 0.05) is 29.7 Å². The lowest BCUT2D eigenvalue weighted by atomic mass is 9.94. The number of nitrogens with one attached hydrogen (secondary N) is 1. The Hall–Kier alpha value is -2.70. The molecular weight excluding hydrogens is 420 g/mol. The molecule has 1 N–H and O–H groups in total. The highest BCUT2D eigenvalue weighted by atomic mass is 32.2. The van der Waals surface area contributed by atoms with Gasteiger partial charge >= 0.3 is 0 Å². The Morgan fingerprint density at radius 1 is 0.906 bits per heavy atom. The summed E-state index contributed by atoms with van der Waals surface area (Å²) in [6.07, 6.45) is 3.12. The molecule has 1 fully saturated rings. The third-order valence-electron chi connectivity index (χ3n) is 6.71. The standard InChI is InChI=1S/C26H28N2O3S/c1-17-14-18(2)16-28(15-17)32(30,31)22-11-8-21(9-12-22)26(29)27-24-13-10-20-7-6-19-4-3-5-23(24)25(19)20/h3-5,8-13,17-18H,6-7,14-16H2,1-2H3,(H,27,29)/t17-,18-/m0/s1. The third kappa shape index (κ3) is 3.71. The van der Waals surface area contributed by atoms with Crippen molar-refractivity contribution in [3.8, 4) is 0 Å². The normalized spacial score (nSPS) is 21.1. The molecule has 0 unspecified atom stereocenters. The van der Waals surface area contributed by atoms with Crippen molar-refractivity contribution in [2.45, 2.75) is 38.0 Å². The van der Waals surface area contributed by atoms with Crippen LogP contribution in [0, 0.1) is 11.8 Å². The first-order valence-electron chi connectivity index (χ1n) is 11.3. The zero-order chi connectivity index (χ0) is 22.5. The average Bonchev–Trinajstić information content (AvgIpc) is 3.20. The number of piperidine rings is 1. The van der Waals surface area contributed by atoms with E-state index in [1.807, 2.05) is 18.2 Å². The summed E-state index contributed by atoms with van der Waals surface area (Å²) in [4.78, 5) is 13.2. The van der Waals surface area contributed by atoms with E-state index in [1.54, 1.807) is 28.6 Å². The van der Waals surface area contributed by atoms with Crippen LogP contribution in [0.1, 0.15) is 41.8 Å². The molecule has 3 aromatic carbocycles. The van der Waals surface area contributed by atoms with Crippen LogP contribution >= 0.6 is 0 Å². The van der Waals surface area contributed by atoms with Gasteiger partial charge in [-0.2, -0.15) is 4.31 Å². The van der Waals surface area contributed by atoms with E-state index in [0.29, 0.717) is 30.5 Å². The zero-order valence-electron chi connectivity index (χ0n) is 18.5. The summed E-state index contributed by atoms with van der Waals surface area (Å²) < 4.78 is 27.8. The van der Waals surface area contributed by atoms with E-state index in [0.717, 1.165) is 30.3 Å². The summed E-state index contributed by atoms with van der Waals surface area (Å²) in [5, 5.41) is 5.32. The maximum Gasteiger partial charge on any atom is 0.255 e. The Bertz CT molecular complexity index is 1280. The van der Waals surface area contributed by atoms with Gasteiger partial charge in [-0.3, -0.25) is 4.79 Å². The van der Waals surface area contributed by atoms with E-state index in [2.05, 4.69) is 31.3 Å². The molecule has 1 heterocycles. The van der Waals surface area contributed by atoms with Gasteiger partial charge in [0.25, 0.3) is 5.91 Å². The minimum Gasteiger partial charge on any atom is -0.321 e. The second-order valence-corrected chi connectivity index (χ2v) is 11.3. The van der Waals surface area contributed by atoms with Gasteiger partial charge in [0.15, 0.2) is 0 Å². The predicted octanol–water partition coefficient (Wildman–Crippen LogP) is 4.86. The first-order valence-corrected chi connectivity index (χ1v) is 12.7. The van der Waals surface area contributed by atoms with E-state index in [1.165, 1.54) is 16.5 Å². The molecular formula is C26H28N2O3S. The van der Waals surface area contributed by atoms with Crippen LogP contribution in [-0.2, 0) is 22.9 Å². The molecule has 2 aliphatic rings. The van der Waals surface area contributed by atoms with Gasteiger partial charge in [-0.1, -0.05) is 38.1 Å². The van der Waals surface area contributed by atoms with Crippen LogP contribution in [0.4, 0.5) is 5.69 Å². The largest absolute Gasteiger partial charge is 0.321 e. The van der Waals surface area contributed by atoms with E-state index in [-0.39, 0.29) is 10.8 Å². The van der Waals surface area contributed by atoms with Crippen LogP contribution in [0.15, 0.2) is 59.5 Å². The number of benzene rings is 3. The molecule has 0 spiro atoms. The highest BCUT2D eigenvalue weighted by Crippen LogP contribution is 2.35. The Morgan fingerprint density at radius 3 is 2.25 bits per heavy atom. The highest BCUT2D eigenvalue weighted by molar-refractivity contribution is 7.89. The molecule has 1 aliphatic carbocycles. The fraction of sp³-hybridized carbons (Fsp3) is 0.346. The van der Waals surface area contributed by atoms with Crippen molar-refractivity contribution in [3.05, 3.63) is 71.3 Å². The molecule has 0 aromatic heterocycles. The molecule has 0 saturated carbocycles. The van der Waals surface area contributed by atoms with Crippen LogP contribution in [0.5, 0.6) is 0 Å². The van der Waals surface area contributed by atoms with Gasteiger partial charge < -0.3 is 5.32 Å². The number of carbonyl (C=O) groups excluding carboxylic acids is 1. The van der Waals surface area contributed by atoms with Crippen molar-refractivity contribution in [1.82, 2.24) is 4.31 Å². The van der Waals surface area contributed by atoms with E-state index in [9.17, 15) is 13.2 Å². The van der Waals surface area contributed by atoms with Crippen LogP contribution in [0.2, 0.25) is 0 Å². The summed E-state index contributed by atoms with van der Waals surface area (Å²) in [6.45, 7) is 5.26. The summed E-state index contributed by atoms with van der Waals surface area (Å²) in [5.74, 6) is 0.445. The van der Waals surface area contributed by atoms with Gasteiger partial charge in [-0.25, -0.2) is 8.42 Å². The lowest BCUT2D eigenvalue weighted by Gasteiger charge is -2.34. The van der Waals surface area contributed by atoms with Crippen LogP contribution in [0.3, 0.4) is 0 Å². The number of hydrogen-bond acceptors (Lipinski definition) is 3. The maximum atomic E-state index is 13.1. The predicted molar refractivity (Wildman–Crippen MR) is 127 cm³/mol.